The van der Waals surface area contributed by atoms with Crippen molar-refractivity contribution in [2.24, 2.45) is 0 Å². The van der Waals surface area contributed by atoms with Gasteiger partial charge in [0.15, 0.2) is 0 Å². The molecule has 6 nitrogen and oxygen atoms in total. The smallest absolute Gasteiger partial charge is 0.278 e. The van der Waals surface area contributed by atoms with Gasteiger partial charge in [0, 0.05) is 23.8 Å². The molecule has 0 saturated carbocycles. The first-order valence-corrected chi connectivity index (χ1v) is 10.7. The zero-order valence-electron chi connectivity index (χ0n) is 18.3. The van der Waals surface area contributed by atoms with Crippen LogP contribution in [0.5, 0.6) is 0 Å². The minimum Gasteiger partial charge on any atom is -0.342 e. The van der Waals surface area contributed by atoms with Crippen LogP contribution in [-0.2, 0) is 17.9 Å². The molecule has 3 aromatic rings. The molecule has 2 aliphatic rings. The Hall–Kier alpha value is -4.33. The molecule has 0 unspecified atom stereocenters. The number of fused-ring (bicyclic) bond motifs is 3. The van der Waals surface area contributed by atoms with Crippen LogP contribution >= 0.6 is 0 Å². The van der Waals surface area contributed by atoms with E-state index in [1.54, 1.807) is 41.1 Å². The van der Waals surface area contributed by atoms with Crippen LogP contribution in [0.4, 0.5) is 14.5 Å². The van der Waals surface area contributed by atoms with E-state index in [4.69, 9.17) is 0 Å². The first-order chi connectivity index (χ1) is 16.4. The SMILES string of the molecule is Cc1ccc(NC(=O)Cn2nc3c4cc(F)ccc4n(Cc4ccc(F)cc4)cc-3c2=O)cc1. The molecule has 0 fully saturated rings. The maximum Gasteiger partial charge on any atom is 0.278 e. The predicted molar refractivity (Wildman–Crippen MR) is 126 cm³/mol. The summed E-state index contributed by atoms with van der Waals surface area (Å²) in [5, 5.41) is 7.55. The van der Waals surface area contributed by atoms with Crippen molar-refractivity contribution < 1.29 is 13.6 Å². The molecule has 2 aliphatic heterocycles. The Morgan fingerprint density at radius 1 is 0.971 bits per heavy atom. The Morgan fingerprint density at radius 2 is 1.68 bits per heavy atom. The first kappa shape index (κ1) is 21.5. The highest BCUT2D eigenvalue weighted by Gasteiger charge is 2.22. The van der Waals surface area contributed by atoms with Gasteiger partial charge >= 0.3 is 0 Å². The van der Waals surface area contributed by atoms with Gasteiger partial charge < -0.3 is 9.88 Å². The lowest BCUT2D eigenvalue weighted by Gasteiger charge is -2.14. The lowest BCUT2D eigenvalue weighted by atomic mass is 10.1. The van der Waals surface area contributed by atoms with E-state index in [9.17, 15) is 18.4 Å². The maximum absolute atomic E-state index is 14.1. The van der Waals surface area contributed by atoms with Gasteiger partial charge in [-0.05, 0) is 55.0 Å². The van der Waals surface area contributed by atoms with Crippen molar-refractivity contribution >= 4 is 22.5 Å². The quantitative estimate of drug-likeness (QED) is 0.419. The summed E-state index contributed by atoms with van der Waals surface area (Å²) < 4.78 is 30.3. The number of nitrogens with one attached hydrogen (secondary N) is 1. The van der Waals surface area contributed by atoms with Gasteiger partial charge in [0.05, 0.1) is 11.1 Å². The third-order valence-corrected chi connectivity index (χ3v) is 5.64. The second-order valence-electron chi connectivity index (χ2n) is 8.18. The Balaban J connectivity index is 1.54. The third kappa shape index (κ3) is 4.17. The molecule has 0 saturated heterocycles. The van der Waals surface area contributed by atoms with E-state index in [0.717, 1.165) is 15.8 Å². The molecule has 34 heavy (non-hydrogen) atoms. The molecule has 0 spiro atoms. The van der Waals surface area contributed by atoms with Crippen molar-refractivity contribution in [3.8, 4) is 11.3 Å². The van der Waals surface area contributed by atoms with E-state index in [1.165, 1.54) is 24.3 Å². The number of aromatic nitrogens is 3. The topological polar surface area (TPSA) is 68.9 Å². The molecule has 8 heteroatoms. The van der Waals surface area contributed by atoms with Gasteiger partial charge in [0.2, 0.25) is 5.91 Å². The van der Waals surface area contributed by atoms with E-state index in [0.29, 0.717) is 28.8 Å². The number of halogens is 2. The Bertz CT molecular complexity index is 1540. The summed E-state index contributed by atoms with van der Waals surface area (Å²) in [5.41, 5.74) is 3.28. The Morgan fingerprint density at radius 3 is 2.41 bits per heavy atom. The van der Waals surface area contributed by atoms with Gasteiger partial charge in [-0.1, -0.05) is 29.8 Å². The minimum absolute atomic E-state index is 0.267. The fourth-order valence-corrected chi connectivity index (χ4v) is 3.95. The fourth-order valence-electron chi connectivity index (χ4n) is 3.95. The van der Waals surface area contributed by atoms with Crippen LogP contribution in [0.3, 0.4) is 0 Å². The Kier molecular flexibility index (Phi) is 5.41. The lowest BCUT2D eigenvalue weighted by Crippen LogP contribution is -2.26. The van der Waals surface area contributed by atoms with Gasteiger partial charge in [-0.25, -0.2) is 13.5 Å². The van der Waals surface area contributed by atoms with Crippen molar-refractivity contribution in [2.45, 2.75) is 20.0 Å². The highest BCUT2D eigenvalue weighted by atomic mass is 19.1. The number of hydrogen-bond acceptors (Lipinski definition) is 3. The first-order valence-electron chi connectivity index (χ1n) is 10.7. The second kappa shape index (κ2) is 8.55. The number of hydrogen-bond donors (Lipinski definition) is 1. The summed E-state index contributed by atoms with van der Waals surface area (Å²) in [5.74, 6) is -1.21. The van der Waals surface area contributed by atoms with Crippen LogP contribution < -0.4 is 10.9 Å². The summed E-state index contributed by atoms with van der Waals surface area (Å²) in [4.78, 5) is 25.6. The molecule has 0 radical (unpaired) electrons. The van der Waals surface area contributed by atoms with Gasteiger partial charge in [0.1, 0.15) is 23.9 Å². The number of pyridine rings is 1. The molecule has 2 heterocycles. The summed E-state index contributed by atoms with van der Waals surface area (Å²) >= 11 is 0. The van der Waals surface area contributed by atoms with E-state index in [-0.39, 0.29) is 17.9 Å². The monoisotopic (exact) mass is 458 g/mol. The van der Waals surface area contributed by atoms with Crippen LogP contribution in [0, 0.1) is 18.6 Å². The average Bonchev–Trinajstić information content (AvgIpc) is 3.12. The van der Waals surface area contributed by atoms with Crippen molar-refractivity contribution in [1.82, 2.24) is 14.3 Å². The third-order valence-electron chi connectivity index (χ3n) is 5.64. The summed E-state index contributed by atoms with van der Waals surface area (Å²) in [7, 11) is 0. The van der Waals surface area contributed by atoms with Crippen LogP contribution in [0.25, 0.3) is 22.2 Å². The number of anilines is 1. The van der Waals surface area contributed by atoms with Crippen molar-refractivity contribution in [3.05, 3.63) is 106 Å². The van der Waals surface area contributed by atoms with Crippen LogP contribution in [0.15, 0.2) is 77.7 Å². The molecule has 5 rings (SSSR count). The number of rotatable bonds is 5. The highest BCUT2D eigenvalue weighted by Crippen LogP contribution is 2.28. The summed E-state index contributed by atoms with van der Waals surface area (Å²) in [6.45, 7) is 2.01. The van der Waals surface area contributed by atoms with Crippen LogP contribution in [0.1, 0.15) is 11.1 Å². The molecule has 0 aromatic heterocycles. The van der Waals surface area contributed by atoms with E-state index in [1.807, 2.05) is 19.1 Å². The van der Waals surface area contributed by atoms with Crippen molar-refractivity contribution in [2.75, 3.05) is 5.32 Å². The van der Waals surface area contributed by atoms with E-state index < -0.39 is 17.3 Å². The molecule has 170 valence electrons. The number of aryl methyl sites for hydroxylation is 1. The predicted octanol–water partition coefficient (Wildman–Crippen LogP) is 4.58. The highest BCUT2D eigenvalue weighted by molar-refractivity contribution is 5.94. The number of carbonyl (C=O) groups excluding carboxylic acids is 1. The minimum atomic E-state index is -0.465. The zero-order valence-corrected chi connectivity index (χ0v) is 18.3. The van der Waals surface area contributed by atoms with Crippen LogP contribution in [0.2, 0.25) is 0 Å². The van der Waals surface area contributed by atoms with Crippen molar-refractivity contribution in [1.29, 1.82) is 0 Å². The standard InChI is InChI=1S/C26H20F2N4O2/c1-16-2-9-20(10-3-16)29-24(33)15-32-26(34)22-14-31(13-17-4-6-18(27)7-5-17)23-11-8-19(28)12-21(23)25(22)30-32/h2-12,14H,13,15H2,1H3,(H,29,33). The molecule has 3 aromatic carbocycles. The molecule has 0 aliphatic carbocycles. The number of benzene rings is 3. The maximum atomic E-state index is 14.1. The normalized spacial score (nSPS) is 11.3. The largest absolute Gasteiger partial charge is 0.342 e. The average molecular weight is 458 g/mol. The number of amides is 1. The lowest BCUT2D eigenvalue weighted by molar-refractivity contribution is -0.116. The van der Waals surface area contributed by atoms with Gasteiger partial charge in [-0.3, -0.25) is 9.59 Å². The summed E-state index contributed by atoms with van der Waals surface area (Å²) in [6.07, 6.45) is 1.64. The molecule has 1 N–H and O–H groups in total. The molecule has 0 bridgehead atoms. The van der Waals surface area contributed by atoms with Gasteiger partial charge in [-0.15, -0.1) is 0 Å². The second-order valence-corrected chi connectivity index (χ2v) is 8.18. The van der Waals surface area contributed by atoms with Gasteiger partial charge in [-0.2, -0.15) is 5.10 Å². The number of carbonyl (C=O) groups is 1. The zero-order chi connectivity index (χ0) is 23.8. The Labute approximate surface area is 193 Å². The molecule has 0 atom stereocenters. The number of nitrogens with zero attached hydrogens (tertiary/aromatic N) is 3. The molecular weight excluding hydrogens is 438 g/mol. The summed E-state index contributed by atoms with van der Waals surface area (Å²) in [6, 6.07) is 17.6. The fraction of sp³-hybridized carbons (Fsp3) is 0.115. The van der Waals surface area contributed by atoms with E-state index in [2.05, 4.69) is 10.4 Å². The molecular formula is C26H20F2N4O2. The van der Waals surface area contributed by atoms with Crippen LogP contribution in [-0.4, -0.2) is 20.3 Å². The van der Waals surface area contributed by atoms with Gasteiger partial charge in [0.25, 0.3) is 5.56 Å². The molecule has 1 amide bonds. The van der Waals surface area contributed by atoms with E-state index >= 15 is 0 Å². The van der Waals surface area contributed by atoms with Crippen molar-refractivity contribution in [3.63, 3.8) is 0 Å².